The molecule has 1 aliphatic rings. The Labute approximate surface area is 146 Å². The standard InChI is InChI=1S/C18H26F3N3O/c1-4-22-17(25)16-9-15(11-24(16)12(2)3)23-10-13-5-7-14(8-6-13)18(19,20)21/h5-8,12,15-16,23H,4,9-11H2,1-3H3,(H,22,25)/t15-,16-/m0/s1. The maximum Gasteiger partial charge on any atom is 0.416 e. The highest BCUT2D eigenvalue weighted by atomic mass is 19.4. The summed E-state index contributed by atoms with van der Waals surface area (Å²) in [5, 5.41) is 6.24. The van der Waals surface area contributed by atoms with Crippen LogP contribution in [0, 0.1) is 0 Å². The molecule has 25 heavy (non-hydrogen) atoms. The molecule has 2 atom stereocenters. The zero-order chi connectivity index (χ0) is 18.6. The lowest BCUT2D eigenvalue weighted by atomic mass is 10.1. The van der Waals surface area contributed by atoms with Gasteiger partial charge < -0.3 is 10.6 Å². The molecule has 0 aromatic heterocycles. The summed E-state index contributed by atoms with van der Waals surface area (Å²) in [6, 6.07) is 5.42. The lowest BCUT2D eigenvalue weighted by Gasteiger charge is -2.27. The van der Waals surface area contributed by atoms with E-state index in [1.807, 2.05) is 6.92 Å². The Balaban J connectivity index is 1.93. The highest BCUT2D eigenvalue weighted by Crippen LogP contribution is 2.29. The average molecular weight is 357 g/mol. The number of nitrogens with one attached hydrogen (secondary N) is 2. The Bertz CT molecular complexity index is 572. The van der Waals surface area contributed by atoms with Crippen LogP contribution in [-0.2, 0) is 17.5 Å². The van der Waals surface area contributed by atoms with Crippen molar-refractivity contribution in [3.8, 4) is 0 Å². The number of nitrogens with zero attached hydrogens (tertiary/aromatic N) is 1. The first-order valence-electron chi connectivity index (χ1n) is 8.65. The highest BCUT2D eigenvalue weighted by Gasteiger charge is 2.37. The summed E-state index contributed by atoms with van der Waals surface area (Å²) in [6.07, 6.45) is -3.61. The van der Waals surface area contributed by atoms with Crippen molar-refractivity contribution in [1.82, 2.24) is 15.5 Å². The van der Waals surface area contributed by atoms with Gasteiger partial charge in [0.15, 0.2) is 0 Å². The molecule has 1 amide bonds. The molecule has 1 aliphatic heterocycles. The molecule has 0 bridgehead atoms. The zero-order valence-corrected chi connectivity index (χ0v) is 14.9. The second-order valence-electron chi connectivity index (χ2n) is 6.71. The first-order chi connectivity index (χ1) is 11.7. The van der Waals surface area contributed by atoms with E-state index in [9.17, 15) is 18.0 Å². The molecule has 7 heteroatoms. The number of likely N-dealkylation sites (N-methyl/N-ethyl adjacent to an activating group) is 1. The fourth-order valence-electron chi connectivity index (χ4n) is 3.20. The number of carbonyl (C=O) groups is 1. The van der Waals surface area contributed by atoms with Gasteiger partial charge in [0.25, 0.3) is 0 Å². The molecule has 0 saturated carbocycles. The van der Waals surface area contributed by atoms with E-state index >= 15 is 0 Å². The van der Waals surface area contributed by atoms with Crippen LogP contribution in [-0.4, -0.2) is 42.0 Å². The van der Waals surface area contributed by atoms with E-state index in [1.54, 1.807) is 0 Å². The molecular weight excluding hydrogens is 331 g/mol. The third-order valence-corrected chi connectivity index (χ3v) is 4.53. The first-order valence-corrected chi connectivity index (χ1v) is 8.65. The number of rotatable bonds is 6. The van der Waals surface area contributed by atoms with Crippen LogP contribution in [0.1, 0.15) is 38.3 Å². The summed E-state index contributed by atoms with van der Waals surface area (Å²) < 4.78 is 37.8. The number of hydrogen-bond donors (Lipinski definition) is 2. The van der Waals surface area contributed by atoms with Crippen LogP contribution in [0.5, 0.6) is 0 Å². The number of benzene rings is 1. The summed E-state index contributed by atoms with van der Waals surface area (Å²) in [5.41, 5.74) is 0.157. The Morgan fingerprint density at radius 3 is 2.44 bits per heavy atom. The van der Waals surface area contributed by atoms with Crippen molar-refractivity contribution in [3.05, 3.63) is 35.4 Å². The zero-order valence-electron chi connectivity index (χ0n) is 14.9. The Morgan fingerprint density at radius 1 is 1.28 bits per heavy atom. The predicted molar refractivity (Wildman–Crippen MR) is 91.0 cm³/mol. The molecule has 1 fully saturated rings. The number of alkyl halides is 3. The van der Waals surface area contributed by atoms with Gasteiger partial charge in [-0.05, 0) is 44.9 Å². The largest absolute Gasteiger partial charge is 0.416 e. The minimum absolute atomic E-state index is 0.0371. The maximum absolute atomic E-state index is 12.6. The summed E-state index contributed by atoms with van der Waals surface area (Å²) >= 11 is 0. The quantitative estimate of drug-likeness (QED) is 0.823. The van der Waals surface area contributed by atoms with E-state index in [2.05, 4.69) is 29.4 Å². The van der Waals surface area contributed by atoms with Crippen LogP contribution in [0.15, 0.2) is 24.3 Å². The summed E-state index contributed by atoms with van der Waals surface area (Å²) in [6.45, 7) is 7.85. The number of amides is 1. The fraction of sp³-hybridized carbons (Fsp3) is 0.611. The van der Waals surface area contributed by atoms with Gasteiger partial charge in [-0.15, -0.1) is 0 Å². The molecular formula is C18H26F3N3O. The SMILES string of the molecule is CCNC(=O)[C@@H]1C[C@H](NCc2ccc(C(F)(F)F)cc2)CN1C(C)C. The molecule has 1 heterocycles. The Morgan fingerprint density at radius 2 is 1.92 bits per heavy atom. The maximum atomic E-state index is 12.6. The van der Waals surface area contributed by atoms with E-state index < -0.39 is 11.7 Å². The van der Waals surface area contributed by atoms with Gasteiger partial charge in [0.1, 0.15) is 0 Å². The van der Waals surface area contributed by atoms with E-state index in [1.165, 1.54) is 12.1 Å². The highest BCUT2D eigenvalue weighted by molar-refractivity contribution is 5.82. The Kier molecular flexibility index (Phi) is 6.46. The second-order valence-corrected chi connectivity index (χ2v) is 6.71. The predicted octanol–water partition coefficient (Wildman–Crippen LogP) is 2.78. The fourth-order valence-corrected chi connectivity index (χ4v) is 3.20. The molecule has 1 aromatic rings. The monoisotopic (exact) mass is 357 g/mol. The second kappa shape index (κ2) is 8.19. The van der Waals surface area contributed by atoms with Crippen molar-refractivity contribution in [2.24, 2.45) is 0 Å². The van der Waals surface area contributed by atoms with Crippen molar-refractivity contribution in [3.63, 3.8) is 0 Å². The van der Waals surface area contributed by atoms with Gasteiger partial charge >= 0.3 is 6.18 Å². The summed E-state index contributed by atoms with van der Waals surface area (Å²) in [7, 11) is 0. The van der Waals surface area contributed by atoms with Crippen LogP contribution in [0.25, 0.3) is 0 Å². The van der Waals surface area contributed by atoms with Crippen LogP contribution < -0.4 is 10.6 Å². The molecule has 140 valence electrons. The van der Waals surface area contributed by atoms with Gasteiger partial charge in [0, 0.05) is 31.7 Å². The van der Waals surface area contributed by atoms with Gasteiger partial charge in [-0.2, -0.15) is 13.2 Å². The van der Waals surface area contributed by atoms with E-state index in [0.29, 0.717) is 19.5 Å². The number of hydrogen-bond acceptors (Lipinski definition) is 3. The van der Waals surface area contributed by atoms with Crippen molar-refractivity contribution < 1.29 is 18.0 Å². The average Bonchev–Trinajstić information content (AvgIpc) is 2.97. The smallest absolute Gasteiger partial charge is 0.355 e. The number of carbonyl (C=O) groups excluding carboxylic acids is 1. The molecule has 0 unspecified atom stereocenters. The molecule has 0 spiro atoms. The third-order valence-electron chi connectivity index (χ3n) is 4.53. The summed E-state index contributed by atoms with van der Waals surface area (Å²) in [5.74, 6) is 0.0371. The normalized spacial score (nSPS) is 21.7. The number of likely N-dealkylation sites (tertiary alicyclic amines) is 1. The lowest BCUT2D eigenvalue weighted by molar-refractivity contribution is -0.137. The van der Waals surface area contributed by atoms with Crippen LogP contribution >= 0.6 is 0 Å². The molecule has 2 N–H and O–H groups in total. The minimum atomic E-state index is -4.31. The van der Waals surface area contributed by atoms with Crippen molar-refractivity contribution in [2.45, 2.75) is 58.0 Å². The van der Waals surface area contributed by atoms with Crippen molar-refractivity contribution in [2.75, 3.05) is 13.1 Å². The molecule has 1 saturated heterocycles. The van der Waals surface area contributed by atoms with E-state index in [4.69, 9.17) is 0 Å². The van der Waals surface area contributed by atoms with Gasteiger partial charge in [-0.1, -0.05) is 12.1 Å². The van der Waals surface area contributed by atoms with Crippen LogP contribution in [0.3, 0.4) is 0 Å². The third kappa shape index (κ3) is 5.19. The topological polar surface area (TPSA) is 44.4 Å². The van der Waals surface area contributed by atoms with Gasteiger partial charge in [-0.3, -0.25) is 9.69 Å². The molecule has 0 aliphatic carbocycles. The molecule has 1 aromatic carbocycles. The van der Waals surface area contributed by atoms with Gasteiger partial charge in [-0.25, -0.2) is 0 Å². The molecule has 2 rings (SSSR count). The molecule has 4 nitrogen and oxygen atoms in total. The minimum Gasteiger partial charge on any atom is -0.355 e. The lowest BCUT2D eigenvalue weighted by Crippen LogP contribution is -2.46. The van der Waals surface area contributed by atoms with E-state index in [0.717, 1.165) is 24.2 Å². The van der Waals surface area contributed by atoms with Crippen molar-refractivity contribution >= 4 is 5.91 Å². The van der Waals surface area contributed by atoms with E-state index in [-0.39, 0.29) is 24.0 Å². The number of halogens is 3. The first kappa shape index (κ1) is 19.7. The van der Waals surface area contributed by atoms with Crippen molar-refractivity contribution in [1.29, 1.82) is 0 Å². The van der Waals surface area contributed by atoms with Crippen LogP contribution in [0.4, 0.5) is 13.2 Å². The summed E-state index contributed by atoms with van der Waals surface area (Å²) in [4.78, 5) is 14.4. The molecule has 0 radical (unpaired) electrons. The van der Waals surface area contributed by atoms with Crippen LogP contribution in [0.2, 0.25) is 0 Å². The van der Waals surface area contributed by atoms with Gasteiger partial charge in [0.05, 0.1) is 11.6 Å². The van der Waals surface area contributed by atoms with Gasteiger partial charge in [0.2, 0.25) is 5.91 Å². The Hall–Kier alpha value is -1.60.